The minimum absolute atomic E-state index is 0. The van der Waals surface area contributed by atoms with Crippen LogP contribution in [0.3, 0.4) is 0 Å². The van der Waals surface area contributed by atoms with Crippen LogP contribution in [0.1, 0.15) is 30.5 Å². The molecule has 0 aliphatic rings. The SMILES string of the molecule is CCNC(=NCC(C)(O)c1ccsc1)NCCc1c[nH]c2c(C)cccc12.I. The second-order valence-corrected chi connectivity index (χ2v) is 7.75. The molecular formula is C21H29IN4OS. The molecule has 0 saturated carbocycles. The number of benzene rings is 1. The van der Waals surface area contributed by atoms with Crippen LogP contribution in [0.15, 0.2) is 46.2 Å². The van der Waals surface area contributed by atoms with Crippen LogP contribution in [0.5, 0.6) is 0 Å². The van der Waals surface area contributed by atoms with Gasteiger partial charge < -0.3 is 20.7 Å². The number of aromatic nitrogens is 1. The zero-order chi connectivity index (χ0) is 19.3. The lowest BCUT2D eigenvalue weighted by atomic mass is 10.00. The molecule has 3 aromatic rings. The molecule has 1 aromatic carbocycles. The largest absolute Gasteiger partial charge is 0.383 e. The third-order valence-electron chi connectivity index (χ3n) is 4.73. The molecule has 2 aromatic heterocycles. The predicted octanol–water partition coefficient (Wildman–Crippen LogP) is 4.16. The van der Waals surface area contributed by atoms with E-state index in [0.717, 1.165) is 31.0 Å². The van der Waals surface area contributed by atoms with Crippen LogP contribution in [-0.2, 0) is 12.0 Å². The van der Waals surface area contributed by atoms with Crippen molar-refractivity contribution < 1.29 is 5.11 Å². The normalized spacial score (nSPS) is 13.8. The average molecular weight is 512 g/mol. The van der Waals surface area contributed by atoms with Crippen LogP contribution >= 0.6 is 35.3 Å². The molecule has 3 rings (SSSR count). The highest BCUT2D eigenvalue weighted by Crippen LogP contribution is 2.23. The molecule has 0 aliphatic carbocycles. The van der Waals surface area contributed by atoms with Gasteiger partial charge in [0.15, 0.2) is 5.96 Å². The number of rotatable bonds is 7. The highest BCUT2D eigenvalue weighted by molar-refractivity contribution is 14.0. The summed E-state index contributed by atoms with van der Waals surface area (Å²) >= 11 is 1.58. The third-order valence-corrected chi connectivity index (χ3v) is 5.41. The minimum atomic E-state index is -0.962. The van der Waals surface area contributed by atoms with Gasteiger partial charge in [0, 0.05) is 30.2 Å². The van der Waals surface area contributed by atoms with Crippen LogP contribution in [0, 0.1) is 6.92 Å². The Kier molecular flexibility index (Phi) is 8.33. The van der Waals surface area contributed by atoms with Gasteiger partial charge in [0.05, 0.1) is 6.54 Å². The molecular weight excluding hydrogens is 483 g/mol. The first-order valence-corrected chi connectivity index (χ1v) is 10.3. The van der Waals surface area contributed by atoms with Crippen LogP contribution < -0.4 is 10.6 Å². The lowest BCUT2D eigenvalue weighted by Gasteiger charge is -2.21. The van der Waals surface area contributed by atoms with Gasteiger partial charge in [-0.2, -0.15) is 11.3 Å². The fraction of sp³-hybridized carbons (Fsp3) is 0.381. The van der Waals surface area contributed by atoms with E-state index in [1.165, 1.54) is 22.0 Å². The van der Waals surface area contributed by atoms with E-state index < -0.39 is 5.60 Å². The van der Waals surface area contributed by atoms with Gasteiger partial charge in [0.25, 0.3) is 0 Å². The van der Waals surface area contributed by atoms with Gasteiger partial charge in [-0.05, 0) is 60.7 Å². The molecule has 1 atom stereocenters. The number of hydrogen-bond donors (Lipinski definition) is 4. The average Bonchev–Trinajstić information content (AvgIpc) is 3.31. The first-order chi connectivity index (χ1) is 13.0. The summed E-state index contributed by atoms with van der Waals surface area (Å²) in [6.07, 6.45) is 2.99. The summed E-state index contributed by atoms with van der Waals surface area (Å²) in [6, 6.07) is 8.32. The van der Waals surface area contributed by atoms with Crippen molar-refractivity contribution in [2.45, 2.75) is 32.8 Å². The Hall–Kier alpha value is -1.58. The van der Waals surface area contributed by atoms with Gasteiger partial charge in [-0.1, -0.05) is 18.2 Å². The molecule has 28 heavy (non-hydrogen) atoms. The quantitative estimate of drug-likeness (QED) is 0.218. The number of hydrogen-bond acceptors (Lipinski definition) is 3. The highest BCUT2D eigenvalue weighted by atomic mass is 127. The Balaban J connectivity index is 0.00000280. The number of aryl methyl sites for hydroxylation is 1. The molecule has 152 valence electrons. The van der Waals surface area contributed by atoms with Gasteiger partial charge in [0.1, 0.15) is 5.60 Å². The molecule has 0 fully saturated rings. The molecule has 5 nitrogen and oxygen atoms in total. The second-order valence-electron chi connectivity index (χ2n) is 6.97. The van der Waals surface area contributed by atoms with Crippen LogP contribution in [-0.4, -0.2) is 35.7 Å². The summed E-state index contributed by atoms with van der Waals surface area (Å²) in [5, 5.41) is 22.5. The van der Waals surface area contributed by atoms with Gasteiger partial charge in [-0.25, -0.2) is 4.99 Å². The molecule has 1 unspecified atom stereocenters. The van der Waals surface area contributed by atoms with Crippen molar-refractivity contribution >= 4 is 52.2 Å². The number of guanidine groups is 1. The number of fused-ring (bicyclic) bond motifs is 1. The fourth-order valence-corrected chi connectivity index (χ4v) is 3.91. The maximum atomic E-state index is 10.7. The van der Waals surface area contributed by atoms with Crippen molar-refractivity contribution in [3.05, 3.63) is 57.9 Å². The number of thiophene rings is 1. The Morgan fingerprint density at radius 1 is 1.29 bits per heavy atom. The number of H-pyrrole nitrogens is 1. The summed E-state index contributed by atoms with van der Waals surface area (Å²) in [6.45, 7) is 7.82. The number of halogens is 1. The van der Waals surface area contributed by atoms with E-state index >= 15 is 0 Å². The number of aromatic amines is 1. The Labute approximate surface area is 187 Å². The number of para-hydroxylation sites is 1. The maximum Gasteiger partial charge on any atom is 0.191 e. The van der Waals surface area contributed by atoms with E-state index in [2.05, 4.69) is 51.9 Å². The standard InChI is InChI=1S/C21H28N4OS.HI/c1-4-22-20(25-14-21(3,26)17-9-11-27-13-17)23-10-8-16-12-24-19-15(2)6-5-7-18(16)19;/h5-7,9,11-13,24,26H,4,8,10,14H2,1-3H3,(H2,22,23,25);1H. The Morgan fingerprint density at radius 3 is 2.82 bits per heavy atom. The van der Waals surface area contributed by atoms with Crippen molar-refractivity contribution in [1.29, 1.82) is 0 Å². The highest BCUT2D eigenvalue weighted by Gasteiger charge is 2.23. The van der Waals surface area contributed by atoms with E-state index in [1.807, 2.05) is 23.8 Å². The predicted molar refractivity (Wildman–Crippen MR) is 130 cm³/mol. The molecule has 0 saturated heterocycles. The number of aliphatic imine (C=N–C) groups is 1. The molecule has 7 heteroatoms. The van der Waals surface area contributed by atoms with E-state index in [-0.39, 0.29) is 24.0 Å². The number of nitrogens with one attached hydrogen (secondary N) is 3. The van der Waals surface area contributed by atoms with Crippen molar-refractivity contribution in [3.8, 4) is 0 Å². The first-order valence-electron chi connectivity index (χ1n) is 9.34. The molecule has 4 N–H and O–H groups in total. The fourth-order valence-electron chi connectivity index (χ4n) is 3.12. The molecule has 0 aliphatic heterocycles. The molecule has 0 radical (unpaired) electrons. The molecule has 0 amide bonds. The van der Waals surface area contributed by atoms with E-state index in [0.29, 0.717) is 6.54 Å². The molecule has 0 bridgehead atoms. The van der Waals surface area contributed by atoms with Crippen molar-refractivity contribution in [2.75, 3.05) is 19.6 Å². The van der Waals surface area contributed by atoms with Crippen molar-refractivity contribution in [1.82, 2.24) is 15.6 Å². The minimum Gasteiger partial charge on any atom is -0.383 e. The van der Waals surface area contributed by atoms with Crippen LogP contribution in [0.4, 0.5) is 0 Å². The summed E-state index contributed by atoms with van der Waals surface area (Å²) in [7, 11) is 0. The van der Waals surface area contributed by atoms with Crippen molar-refractivity contribution in [2.24, 2.45) is 4.99 Å². The second kappa shape index (κ2) is 10.3. The summed E-state index contributed by atoms with van der Waals surface area (Å²) in [4.78, 5) is 7.95. The monoisotopic (exact) mass is 512 g/mol. The van der Waals surface area contributed by atoms with E-state index in [4.69, 9.17) is 0 Å². The molecule has 2 heterocycles. The topological polar surface area (TPSA) is 72.4 Å². The Bertz CT molecular complexity index is 902. The van der Waals surface area contributed by atoms with Crippen LogP contribution in [0.25, 0.3) is 10.9 Å². The van der Waals surface area contributed by atoms with Gasteiger partial charge in [-0.15, -0.1) is 24.0 Å². The smallest absolute Gasteiger partial charge is 0.191 e. The van der Waals surface area contributed by atoms with Crippen molar-refractivity contribution in [3.63, 3.8) is 0 Å². The van der Waals surface area contributed by atoms with Gasteiger partial charge in [0.2, 0.25) is 0 Å². The maximum absolute atomic E-state index is 10.7. The van der Waals surface area contributed by atoms with Crippen LogP contribution in [0.2, 0.25) is 0 Å². The van der Waals surface area contributed by atoms with E-state index in [9.17, 15) is 5.11 Å². The lowest BCUT2D eigenvalue weighted by Crippen LogP contribution is -2.39. The molecule has 0 spiro atoms. The third kappa shape index (κ3) is 5.48. The summed E-state index contributed by atoms with van der Waals surface area (Å²) in [5.74, 6) is 0.726. The van der Waals surface area contributed by atoms with Gasteiger partial charge >= 0.3 is 0 Å². The number of nitrogens with zero attached hydrogens (tertiary/aromatic N) is 1. The summed E-state index contributed by atoms with van der Waals surface area (Å²) in [5.41, 5.74) is 3.71. The zero-order valence-electron chi connectivity index (χ0n) is 16.6. The van der Waals surface area contributed by atoms with Gasteiger partial charge in [-0.3, -0.25) is 0 Å². The first kappa shape index (κ1) is 22.7. The van der Waals surface area contributed by atoms with E-state index in [1.54, 1.807) is 18.3 Å². The number of aliphatic hydroxyl groups is 1. The zero-order valence-corrected chi connectivity index (χ0v) is 19.7. The Morgan fingerprint density at radius 2 is 2.11 bits per heavy atom. The lowest BCUT2D eigenvalue weighted by molar-refractivity contribution is 0.0677. The summed E-state index contributed by atoms with van der Waals surface area (Å²) < 4.78 is 0.